The van der Waals surface area contributed by atoms with Crippen molar-refractivity contribution in [3.8, 4) is 11.4 Å². The van der Waals surface area contributed by atoms with Crippen LogP contribution in [0.4, 0.5) is 5.69 Å². The number of hydrogen-bond acceptors (Lipinski definition) is 5. The number of aromatic nitrogens is 4. The Balaban J connectivity index is 2.27. The topological polar surface area (TPSA) is 78.8 Å². The molecule has 1 aromatic heterocycles. The van der Waals surface area contributed by atoms with Gasteiger partial charge in [-0.3, -0.25) is 0 Å². The Bertz CT molecular complexity index is 523. The first-order chi connectivity index (χ1) is 8.72. The molecule has 96 valence electrons. The Labute approximate surface area is 106 Å². The van der Waals surface area contributed by atoms with Crippen molar-refractivity contribution in [2.45, 2.75) is 20.4 Å². The molecule has 0 saturated carbocycles. The van der Waals surface area contributed by atoms with Crippen LogP contribution in [0, 0.1) is 6.92 Å². The van der Waals surface area contributed by atoms with Gasteiger partial charge in [-0.25, -0.2) is 4.68 Å². The molecule has 0 bridgehead atoms. The van der Waals surface area contributed by atoms with Crippen molar-refractivity contribution in [1.82, 2.24) is 20.2 Å². The Hall–Kier alpha value is -1.95. The van der Waals surface area contributed by atoms with E-state index in [1.165, 1.54) is 0 Å². The number of aryl methyl sites for hydroxylation is 1. The molecule has 18 heavy (non-hydrogen) atoms. The molecule has 2 N–H and O–H groups in total. The van der Waals surface area contributed by atoms with Gasteiger partial charge >= 0.3 is 0 Å². The fourth-order valence-electron chi connectivity index (χ4n) is 1.72. The third-order valence-corrected chi connectivity index (χ3v) is 2.69. The minimum Gasteiger partial charge on any atom is -0.399 e. The zero-order chi connectivity index (χ0) is 13.0. The van der Waals surface area contributed by atoms with Gasteiger partial charge in [0.1, 0.15) is 0 Å². The van der Waals surface area contributed by atoms with E-state index < -0.39 is 0 Å². The molecule has 0 saturated heterocycles. The lowest BCUT2D eigenvalue weighted by molar-refractivity contribution is 0.136. The molecule has 2 aromatic rings. The summed E-state index contributed by atoms with van der Waals surface area (Å²) >= 11 is 0. The zero-order valence-corrected chi connectivity index (χ0v) is 10.6. The molecule has 0 radical (unpaired) electrons. The third-order valence-electron chi connectivity index (χ3n) is 2.69. The number of tetrazole rings is 1. The van der Waals surface area contributed by atoms with Crippen molar-refractivity contribution >= 4 is 5.69 Å². The molecule has 6 heteroatoms. The molecule has 0 aliphatic carbocycles. The van der Waals surface area contributed by atoms with E-state index in [1.807, 2.05) is 32.0 Å². The van der Waals surface area contributed by atoms with Crippen LogP contribution in [0.3, 0.4) is 0 Å². The summed E-state index contributed by atoms with van der Waals surface area (Å²) in [5.41, 5.74) is 8.56. The van der Waals surface area contributed by atoms with Crippen LogP contribution in [0.25, 0.3) is 11.4 Å². The minimum atomic E-state index is 0.593. The van der Waals surface area contributed by atoms with Gasteiger partial charge in [-0.15, -0.1) is 5.10 Å². The average molecular weight is 247 g/mol. The van der Waals surface area contributed by atoms with Crippen molar-refractivity contribution in [1.29, 1.82) is 0 Å². The number of hydrogen-bond donors (Lipinski definition) is 1. The van der Waals surface area contributed by atoms with Crippen LogP contribution >= 0.6 is 0 Å². The van der Waals surface area contributed by atoms with E-state index in [9.17, 15) is 0 Å². The average Bonchev–Trinajstić information content (AvgIpc) is 2.81. The number of ether oxygens (including phenoxy) is 1. The highest BCUT2D eigenvalue weighted by Gasteiger charge is 2.11. The monoisotopic (exact) mass is 247 g/mol. The first kappa shape index (κ1) is 12.5. The van der Waals surface area contributed by atoms with Crippen molar-refractivity contribution < 1.29 is 4.74 Å². The van der Waals surface area contributed by atoms with Crippen LogP contribution < -0.4 is 5.73 Å². The number of nitrogens with two attached hydrogens (primary N) is 1. The van der Waals surface area contributed by atoms with Crippen molar-refractivity contribution in [2.75, 3.05) is 18.9 Å². The quantitative estimate of drug-likeness (QED) is 0.635. The van der Waals surface area contributed by atoms with E-state index in [2.05, 4.69) is 15.5 Å². The largest absolute Gasteiger partial charge is 0.399 e. The molecule has 0 atom stereocenters. The summed E-state index contributed by atoms with van der Waals surface area (Å²) in [6.07, 6.45) is 0. The number of nitrogen functional groups attached to an aromatic ring is 1. The Morgan fingerprint density at radius 1 is 1.39 bits per heavy atom. The standard InChI is InChI=1S/C12H17N5O/c1-3-18-7-6-17-12(14-15-16-17)11-8-10(13)5-4-9(11)2/h4-5,8H,3,6-7,13H2,1-2H3. The van der Waals surface area contributed by atoms with E-state index in [0.717, 1.165) is 17.0 Å². The first-order valence-corrected chi connectivity index (χ1v) is 5.92. The smallest absolute Gasteiger partial charge is 0.182 e. The van der Waals surface area contributed by atoms with E-state index in [-0.39, 0.29) is 0 Å². The lowest BCUT2D eigenvalue weighted by Gasteiger charge is -2.07. The van der Waals surface area contributed by atoms with Crippen molar-refractivity contribution in [3.05, 3.63) is 23.8 Å². The van der Waals surface area contributed by atoms with Crippen LogP contribution in [0.2, 0.25) is 0 Å². The van der Waals surface area contributed by atoms with Crippen LogP contribution in [-0.4, -0.2) is 33.4 Å². The van der Waals surface area contributed by atoms with Gasteiger partial charge in [0.25, 0.3) is 0 Å². The SMILES string of the molecule is CCOCCn1nnnc1-c1cc(N)ccc1C. The molecule has 0 aliphatic heterocycles. The molecule has 0 aliphatic rings. The molecule has 2 rings (SSSR count). The Kier molecular flexibility index (Phi) is 3.88. The molecule has 1 aromatic carbocycles. The highest BCUT2D eigenvalue weighted by atomic mass is 16.5. The number of rotatable bonds is 5. The maximum atomic E-state index is 5.80. The van der Waals surface area contributed by atoms with Crippen LogP contribution in [-0.2, 0) is 11.3 Å². The summed E-state index contributed by atoms with van der Waals surface area (Å²) in [4.78, 5) is 0. The van der Waals surface area contributed by atoms with Crippen LogP contribution in [0.15, 0.2) is 18.2 Å². The van der Waals surface area contributed by atoms with Gasteiger partial charge in [-0.05, 0) is 42.0 Å². The van der Waals surface area contributed by atoms with Crippen molar-refractivity contribution in [2.24, 2.45) is 0 Å². The highest BCUT2D eigenvalue weighted by molar-refractivity contribution is 5.65. The molecule has 0 unspecified atom stereocenters. The second-order valence-corrected chi connectivity index (χ2v) is 4.00. The van der Waals surface area contributed by atoms with Crippen molar-refractivity contribution in [3.63, 3.8) is 0 Å². The van der Waals surface area contributed by atoms with Gasteiger partial charge < -0.3 is 10.5 Å². The predicted molar refractivity (Wildman–Crippen MR) is 68.9 cm³/mol. The lowest BCUT2D eigenvalue weighted by Crippen LogP contribution is -2.09. The lowest BCUT2D eigenvalue weighted by atomic mass is 10.1. The zero-order valence-electron chi connectivity index (χ0n) is 10.6. The summed E-state index contributed by atoms with van der Waals surface area (Å²) in [7, 11) is 0. The second-order valence-electron chi connectivity index (χ2n) is 4.00. The molecule has 0 spiro atoms. The maximum Gasteiger partial charge on any atom is 0.182 e. The molecular formula is C12H17N5O. The van der Waals surface area contributed by atoms with Crippen LogP contribution in [0.5, 0.6) is 0 Å². The fourth-order valence-corrected chi connectivity index (χ4v) is 1.72. The number of benzene rings is 1. The minimum absolute atomic E-state index is 0.593. The van der Waals surface area contributed by atoms with Gasteiger partial charge in [0.15, 0.2) is 5.82 Å². The second kappa shape index (κ2) is 5.59. The highest BCUT2D eigenvalue weighted by Crippen LogP contribution is 2.22. The maximum absolute atomic E-state index is 5.80. The molecule has 6 nitrogen and oxygen atoms in total. The summed E-state index contributed by atoms with van der Waals surface area (Å²) in [6, 6.07) is 5.72. The van der Waals surface area contributed by atoms with E-state index in [4.69, 9.17) is 10.5 Å². The number of anilines is 1. The van der Waals surface area contributed by atoms with Gasteiger partial charge in [0.05, 0.1) is 13.2 Å². The Morgan fingerprint density at radius 3 is 3.00 bits per heavy atom. The molecule has 0 amide bonds. The molecular weight excluding hydrogens is 230 g/mol. The summed E-state index contributed by atoms with van der Waals surface area (Å²) in [5.74, 6) is 0.722. The summed E-state index contributed by atoms with van der Waals surface area (Å²) < 4.78 is 7.04. The van der Waals surface area contributed by atoms with Crippen LogP contribution in [0.1, 0.15) is 12.5 Å². The van der Waals surface area contributed by atoms with Gasteiger partial charge in [0, 0.05) is 17.9 Å². The van der Waals surface area contributed by atoms with Gasteiger partial charge in [0.2, 0.25) is 0 Å². The number of nitrogens with zero attached hydrogens (tertiary/aromatic N) is 4. The normalized spacial score (nSPS) is 10.8. The Morgan fingerprint density at radius 2 is 2.22 bits per heavy atom. The summed E-state index contributed by atoms with van der Waals surface area (Å²) in [6.45, 7) is 5.88. The molecule has 1 heterocycles. The summed E-state index contributed by atoms with van der Waals surface area (Å²) in [5, 5.41) is 11.7. The van der Waals surface area contributed by atoms with E-state index >= 15 is 0 Å². The third kappa shape index (κ3) is 2.65. The fraction of sp³-hybridized carbons (Fsp3) is 0.417. The first-order valence-electron chi connectivity index (χ1n) is 5.92. The van der Waals surface area contributed by atoms with E-state index in [1.54, 1.807) is 4.68 Å². The van der Waals surface area contributed by atoms with E-state index in [0.29, 0.717) is 25.4 Å². The van der Waals surface area contributed by atoms with Gasteiger partial charge in [-0.1, -0.05) is 6.07 Å². The predicted octanol–water partition coefficient (Wildman–Crippen LogP) is 1.27. The van der Waals surface area contributed by atoms with Gasteiger partial charge in [-0.2, -0.15) is 0 Å². The molecule has 0 fully saturated rings.